The lowest BCUT2D eigenvalue weighted by atomic mass is 10.2. The first-order valence-electron chi connectivity index (χ1n) is 7.11. The van der Waals surface area contributed by atoms with Crippen molar-refractivity contribution in [1.82, 2.24) is 9.38 Å². The molecule has 1 aromatic carbocycles. The number of ether oxygens (including phenoxy) is 1. The number of nitrogens with one attached hydrogen (secondary N) is 1. The summed E-state index contributed by atoms with van der Waals surface area (Å²) in [5.41, 5.74) is 1.10. The summed E-state index contributed by atoms with van der Waals surface area (Å²) in [4.78, 5) is 28.8. The largest absolute Gasteiger partial charge is 0.455 e. The molecule has 1 N–H and O–H groups in total. The molecule has 0 radical (unpaired) electrons. The lowest BCUT2D eigenvalue weighted by molar-refractivity contribution is -0.146. The molecule has 3 rings (SSSR count). The average molecular weight is 375 g/mol. The van der Waals surface area contributed by atoms with E-state index in [4.69, 9.17) is 21.6 Å². The van der Waals surface area contributed by atoms with E-state index in [1.807, 2.05) is 22.0 Å². The number of nitriles is 1. The number of aromatic nitrogens is 2. The maximum Gasteiger partial charge on any atom is 0.312 e. The van der Waals surface area contributed by atoms with Crippen molar-refractivity contribution < 1.29 is 14.3 Å². The topological polar surface area (TPSA) is 96.5 Å². The van der Waals surface area contributed by atoms with E-state index in [0.29, 0.717) is 10.7 Å². The van der Waals surface area contributed by atoms with Gasteiger partial charge in [0, 0.05) is 22.8 Å². The molecule has 126 valence electrons. The molecule has 0 unspecified atom stereocenters. The molecule has 0 aliphatic rings. The van der Waals surface area contributed by atoms with Crippen molar-refractivity contribution >= 4 is 45.5 Å². The number of benzene rings is 1. The minimum atomic E-state index is -0.562. The molecule has 0 bridgehead atoms. The fourth-order valence-electron chi connectivity index (χ4n) is 2.11. The highest BCUT2D eigenvalue weighted by molar-refractivity contribution is 7.15. The van der Waals surface area contributed by atoms with E-state index in [0.717, 1.165) is 4.96 Å². The zero-order valence-electron chi connectivity index (χ0n) is 12.7. The van der Waals surface area contributed by atoms with Crippen molar-refractivity contribution in [1.29, 1.82) is 5.26 Å². The molecule has 0 aliphatic carbocycles. The molecule has 2 aromatic heterocycles. The van der Waals surface area contributed by atoms with E-state index < -0.39 is 18.5 Å². The molecule has 0 spiro atoms. The Morgan fingerprint density at radius 1 is 1.44 bits per heavy atom. The van der Waals surface area contributed by atoms with Gasteiger partial charge < -0.3 is 10.1 Å². The molecule has 3 aromatic rings. The fraction of sp³-hybridized carbons (Fsp3) is 0.125. The van der Waals surface area contributed by atoms with Crippen LogP contribution in [0.15, 0.2) is 36.0 Å². The summed E-state index contributed by atoms with van der Waals surface area (Å²) in [5, 5.41) is 13.8. The van der Waals surface area contributed by atoms with Gasteiger partial charge in [0.2, 0.25) is 0 Å². The summed E-state index contributed by atoms with van der Waals surface area (Å²) >= 11 is 7.30. The predicted octanol–water partition coefficient (Wildman–Crippen LogP) is 2.65. The van der Waals surface area contributed by atoms with Gasteiger partial charge in [0.05, 0.1) is 23.4 Å². The van der Waals surface area contributed by atoms with Crippen LogP contribution in [0.5, 0.6) is 0 Å². The number of imidazole rings is 1. The highest BCUT2D eigenvalue weighted by Crippen LogP contribution is 2.20. The third-order valence-electron chi connectivity index (χ3n) is 3.21. The molecule has 0 saturated heterocycles. The quantitative estimate of drug-likeness (QED) is 0.692. The number of halogens is 1. The first-order chi connectivity index (χ1) is 12.0. The zero-order chi connectivity index (χ0) is 17.8. The lowest BCUT2D eigenvalue weighted by Crippen LogP contribution is -2.22. The standard InChI is InChI=1S/C16H11ClN4O3S/c17-11-2-1-10(7-18)13(5-11)20-14(22)9-24-15(23)6-12-8-21-3-4-25-16(21)19-12/h1-5,8H,6,9H2,(H,20,22). The number of thiazole rings is 1. The number of nitrogens with zero attached hydrogens (tertiary/aromatic N) is 3. The predicted molar refractivity (Wildman–Crippen MR) is 92.5 cm³/mol. The Morgan fingerprint density at radius 3 is 3.04 bits per heavy atom. The van der Waals surface area contributed by atoms with Crippen LogP contribution in [0.4, 0.5) is 5.69 Å². The molecular formula is C16H11ClN4O3S. The summed E-state index contributed by atoms with van der Waals surface area (Å²) in [6, 6.07) is 6.44. The van der Waals surface area contributed by atoms with Gasteiger partial charge in [0.15, 0.2) is 11.6 Å². The number of rotatable bonds is 5. The van der Waals surface area contributed by atoms with Gasteiger partial charge in [-0.15, -0.1) is 11.3 Å². The van der Waals surface area contributed by atoms with Gasteiger partial charge in [-0.1, -0.05) is 11.6 Å². The maximum atomic E-state index is 11.9. The minimum absolute atomic E-state index is 0.0255. The summed E-state index contributed by atoms with van der Waals surface area (Å²) in [6.07, 6.45) is 3.55. The van der Waals surface area contributed by atoms with Crippen LogP contribution in [-0.4, -0.2) is 27.9 Å². The van der Waals surface area contributed by atoms with Crippen molar-refractivity contribution in [3.63, 3.8) is 0 Å². The van der Waals surface area contributed by atoms with Crippen LogP contribution in [0.3, 0.4) is 0 Å². The van der Waals surface area contributed by atoms with E-state index in [1.54, 1.807) is 12.3 Å². The molecule has 0 fully saturated rings. The highest BCUT2D eigenvalue weighted by atomic mass is 35.5. The van der Waals surface area contributed by atoms with Crippen LogP contribution in [0.2, 0.25) is 5.02 Å². The Kier molecular flexibility index (Phi) is 4.97. The Morgan fingerprint density at radius 2 is 2.28 bits per heavy atom. The van der Waals surface area contributed by atoms with Crippen LogP contribution in [0.1, 0.15) is 11.3 Å². The first-order valence-corrected chi connectivity index (χ1v) is 8.37. The van der Waals surface area contributed by atoms with Crippen molar-refractivity contribution in [2.75, 3.05) is 11.9 Å². The number of carbonyl (C=O) groups is 2. The summed E-state index contributed by atoms with van der Waals surface area (Å²) in [6.45, 7) is -0.460. The maximum absolute atomic E-state index is 11.9. The van der Waals surface area contributed by atoms with Gasteiger partial charge in [0.1, 0.15) is 6.07 Å². The summed E-state index contributed by atoms with van der Waals surface area (Å²) in [7, 11) is 0. The van der Waals surface area contributed by atoms with Crippen LogP contribution in [-0.2, 0) is 20.7 Å². The van der Waals surface area contributed by atoms with Crippen LogP contribution < -0.4 is 5.32 Å². The van der Waals surface area contributed by atoms with Gasteiger partial charge in [-0.25, -0.2) is 4.98 Å². The smallest absolute Gasteiger partial charge is 0.312 e. The molecule has 9 heteroatoms. The zero-order valence-corrected chi connectivity index (χ0v) is 14.3. The number of amides is 1. The monoisotopic (exact) mass is 374 g/mol. The van der Waals surface area contributed by atoms with Crippen LogP contribution >= 0.6 is 22.9 Å². The molecule has 0 aliphatic heterocycles. The lowest BCUT2D eigenvalue weighted by Gasteiger charge is -2.08. The van der Waals surface area contributed by atoms with Crippen molar-refractivity contribution in [2.24, 2.45) is 0 Å². The van der Waals surface area contributed by atoms with Gasteiger partial charge >= 0.3 is 5.97 Å². The van der Waals surface area contributed by atoms with E-state index in [2.05, 4.69) is 10.3 Å². The number of hydrogen-bond donors (Lipinski definition) is 1. The molecule has 1 amide bonds. The Hall–Kier alpha value is -2.89. The summed E-state index contributed by atoms with van der Waals surface area (Å²) < 4.78 is 6.75. The third-order valence-corrected chi connectivity index (χ3v) is 4.21. The number of carbonyl (C=O) groups excluding carboxylic acids is 2. The van der Waals surface area contributed by atoms with Gasteiger partial charge in [-0.05, 0) is 18.2 Å². The molecule has 7 nitrogen and oxygen atoms in total. The molecule has 25 heavy (non-hydrogen) atoms. The van der Waals surface area contributed by atoms with Crippen LogP contribution in [0, 0.1) is 11.3 Å². The summed E-state index contributed by atoms with van der Waals surface area (Å²) in [5.74, 6) is -1.12. The van der Waals surface area contributed by atoms with Crippen molar-refractivity contribution in [3.8, 4) is 6.07 Å². The molecule has 2 heterocycles. The minimum Gasteiger partial charge on any atom is -0.455 e. The second-order valence-electron chi connectivity index (χ2n) is 5.01. The van der Waals surface area contributed by atoms with E-state index in [-0.39, 0.29) is 17.7 Å². The number of hydrogen-bond acceptors (Lipinski definition) is 6. The number of anilines is 1. The Bertz CT molecular complexity index is 960. The van der Waals surface area contributed by atoms with E-state index >= 15 is 0 Å². The van der Waals surface area contributed by atoms with E-state index in [9.17, 15) is 9.59 Å². The van der Waals surface area contributed by atoms with Gasteiger partial charge in [-0.3, -0.25) is 14.0 Å². The Balaban J connectivity index is 1.53. The second kappa shape index (κ2) is 7.34. The van der Waals surface area contributed by atoms with E-state index in [1.165, 1.54) is 23.5 Å². The Labute approximate surface area is 151 Å². The molecule has 0 saturated carbocycles. The SMILES string of the molecule is N#Cc1ccc(Cl)cc1NC(=O)COC(=O)Cc1cn2ccsc2n1. The van der Waals surface area contributed by atoms with Crippen LogP contribution in [0.25, 0.3) is 4.96 Å². The number of fused-ring (bicyclic) bond motifs is 1. The third kappa shape index (κ3) is 4.15. The highest BCUT2D eigenvalue weighted by Gasteiger charge is 2.13. The van der Waals surface area contributed by atoms with Gasteiger partial charge in [-0.2, -0.15) is 5.26 Å². The fourth-order valence-corrected chi connectivity index (χ4v) is 3.00. The first kappa shape index (κ1) is 17.0. The molecular weight excluding hydrogens is 364 g/mol. The normalized spacial score (nSPS) is 10.4. The van der Waals surface area contributed by atoms with Crippen molar-refractivity contribution in [3.05, 3.63) is 52.3 Å². The average Bonchev–Trinajstić information content (AvgIpc) is 3.14. The van der Waals surface area contributed by atoms with Crippen molar-refractivity contribution in [2.45, 2.75) is 6.42 Å². The second-order valence-corrected chi connectivity index (χ2v) is 6.32. The number of esters is 1. The molecule has 0 atom stereocenters. The van der Waals surface area contributed by atoms with Gasteiger partial charge in [0.25, 0.3) is 5.91 Å².